The third kappa shape index (κ3) is 7.70. The summed E-state index contributed by atoms with van der Waals surface area (Å²) in [5.74, 6) is -5.94. The summed E-state index contributed by atoms with van der Waals surface area (Å²) in [6.07, 6.45) is -10.5. The summed E-state index contributed by atoms with van der Waals surface area (Å²) < 4.78 is 42.5. The Morgan fingerprint density at radius 2 is 1.35 bits per heavy atom. The second-order valence-corrected chi connectivity index (χ2v) is 16.8. The number of esters is 1. The Morgan fingerprint density at radius 3 is 1.92 bits per heavy atom. The summed E-state index contributed by atoms with van der Waals surface area (Å²) in [6, 6.07) is 2.97. The van der Waals surface area contributed by atoms with Gasteiger partial charge in [0, 0.05) is 42.9 Å². The van der Waals surface area contributed by atoms with Crippen molar-refractivity contribution in [2.24, 2.45) is 0 Å². The lowest BCUT2D eigenvalue weighted by Gasteiger charge is -2.48. The number of ether oxygens (including phenoxy) is 7. The van der Waals surface area contributed by atoms with Crippen LogP contribution >= 0.6 is 0 Å². The van der Waals surface area contributed by atoms with Gasteiger partial charge in [-0.25, -0.2) is 0 Å². The molecule has 0 aromatic heterocycles. The molecule has 2 aliphatic carbocycles. The number of nitrogens with zero attached hydrogens (tertiary/aromatic N) is 1. The number of ketones is 2. The molecule has 0 amide bonds. The SMILES string of the molecule is CC[C@@]1(O)C[C@H](OC2CC(N(C)C)[C@H](OC3CC(O)[C@H](OC4CC(O)C(O)C(C)O4)C(C)O3)C(C)O2)c2c(cc3c(c2O)C(=O)c2c(O)ccc(O)c2C3=O)[C@@H]1C(=O)OC. The average molecular weight is 846 g/mol. The van der Waals surface area contributed by atoms with Gasteiger partial charge in [0.1, 0.15) is 41.5 Å². The van der Waals surface area contributed by atoms with Crippen molar-refractivity contribution >= 4 is 17.5 Å². The first-order valence-corrected chi connectivity index (χ1v) is 20.3. The van der Waals surface area contributed by atoms with E-state index < -0.39 is 137 Å². The maximum Gasteiger partial charge on any atom is 0.316 e. The molecule has 7 rings (SSSR count). The number of phenols is 3. The number of rotatable bonds is 9. The van der Waals surface area contributed by atoms with Gasteiger partial charge in [0.15, 0.2) is 24.7 Å². The summed E-state index contributed by atoms with van der Waals surface area (Å²) in [5, 5.41) is 76.8. The molecule has 0 bridgehead atoms. The normalized spacial score (nSPS) is 37.9. The molecule has 5 aliphatic rings. The molecule has 330 valence electrons. The van der Waals surface area contributed by atoms with Crippen molar-refractivity contribution in [3.05, 3.63) is 51.6 Å². The van der Waals surface area contributed by atoms with Gasteiger partial charge in [-0.1, -0.05) is 6.92 Å². The smallest absolute Gasteiger partial charge is 0.316 e. The highest BCUT2D eigenvalue weighted by molar-refractivity contribution is 6.31. The van der Waals surface area contributed by atoms with Gasteiger partial charge in [0.25, 0.3) is 0 Å². The van der Waals surface area contributed by atoms with E-state index >= 15 is 0 Å². The zero-order valence-corrected chi connectivity index (χ0v) is 34.5. The van der Waals surface area contributed by atoms with Gasteiger partial charge >= 0.3 is 5.97 Å². The van der Waals surface area contributed by atoms with Crippen LogP contribution < -0.4 is 0 Å². The fraction of sp³-hybridized carbons (Fsp3) is 0.643. The van der Waals surface area contributed by atoms with Gasteiger partial charge in [-0.3, -0.25) is 14.4 Å². The van der Waals surface area contributed by atoms with Gasteiger partial charge in [0.05, 0.1) is 66.0 Å². The molecule has 2 aromatic carbocycles. The van der Waals surface area contributed by atoms with Gasteiger partial charge < -0.3 is 73.8 Å². The fourth-order valence-corrected chi connectivity index (χ4v) is 9.51. The van der Waals surface area contributed by atoms with Crippen LogP contribution in [0, 0.1) is 0 Å². The highest BCUT2D eigenvalue weighted by atomic mass is 16.7. The molecule has 0 spiro atoms. The molecule has 3 saturated heterocycles. The van der Waals surface area contributed by atoms with Crippen LogP contribution in [0.3, 0.4) is 0 Å². The third-order valence-electron chi connectivity index (χ3n) is 12.8. The second kappa shape index (κ2) is 16.8. The molecule has 60 heavy (non-hydrogen) atoms. The lowest BCUT2D eigenvalue weighted by atomic mass is 9.67. The number of fused-ring (bicyclic) bond motifs is 3. The number of aliphatic hydroxyl groups is 4. The number of phenolic OH excluding ortho intramolecular Hbond substituents is 3. The van der Waals surface area contributed by atoms with Crippen LogP contribution in [0.25, 0.3) is 0 Å². The minimum atomic E-state index is -1.82. The van der Waals surface area contributed by atoms with E-state index in [9.17, 15) is 50.1 Å². The third-order valence-corrected chi connectivity index (χ3v) is 12.8. The van der Waals surface area contributed by atoms with Crippen LogP contribution in [0.15, 0.2) is 18.2 Å². The number of carbonyl (C=O) groups excluding carboxylic acids is 3. The maximum atomic E-state index is 14.0. The summed E-state index contributed by atoms with van der Waals surface area (Å²) in [6.45, 7) is 6.77. The van der Waals surface area contributed by atoms with E-state index in [-0.39, 0.29) is 54.8 Å². The van der Waals surface area contributed by atoms with Crippen LogP contribution in [-0.4, -0.2) is 159 Å². The Balaban J connectivity index is 1.14. The number of aliphatic hydroxyl groups excluding tert-OH is 3. The number of aromatic hydroxyl groups is 3. The minimum absolute atomic E-state index is 0.0140. The number of carbonyl (C=O) groups is 3. The largest absolute Gasteiger partial charge is 0.507 e. The predicted molar refractivity (Wildman–Crippen MR) is 205 cm³/mol. The quantitative estimate of drug-likeness (QED) is 0.119. The molecule has 18 heteroatoms. The summed E-state index contributed by atoms with van der Waals surface area (Å²) in [5.41, 5.74) is -3.64. The van der Waals surface area contributed by atoms with Crippen molar-refractivity contribution in [2.75, 3.05) is 21.2 Å². The van der Waals surface area contributed by atoms with E-state index in [1.54, 1.807) is 27.7 Å². The van der Waals surface area contributed by atoms with Gasteiger partial charge in [0.2, 0.25) is 5.78 Å². The van der Waals surface area contributed by atoms with Crippen LogP contribution in [0.2, 0.25) is 0 Å². The average Bonchev–Trinajstić information content (AvgIpc) is 3.18. The Labute approximate surface area is 346 Å². The van der Waals surface area contributed by atoms with E-state index in [4.69, 9.17) is 33.2 Å². The summed E-state index contributed by atoms with van der Waals surface area (Å²) >= 11 is 0. The Morgan fingerprint density at radius 1 is 0.800 bits per heavy atom. The van der Waals surface area contributed by atoms with Crippen molar-refractivity contribution in [2.45, 2.75) is 151 Å². The molecule has 3 aliphatic heterocycles. The van der Waals surface area contributed by atoms with Crippen molar-refractivity contribution in [3.63, 3.8) is 0 Å². The van der Waals surface area contributed by atoms with Crippen molar-refractivity contribution in [3.8, 4) is 17.2 Å². The number of hydrogen-bond acceptors (Lipinski definition) is 18. The standard InChI is InChI=1S/C42H55NO17/c1-8-42(53)15-26(30-19(34(42)41(52)54-7)11-20-31(37(30)50)38(51)33-23(45)10-9-22(44)32(33)36(20)49)58-27-12-21(43(5)6)39(17(3)56-27)59-29-14-25(47)40(18(4)57-29)60-28-13-24(46)35(48)16(2)55-28/h9-11,16-18,21,24-29,34-35,39-40,44-48,50,53H,8,12-15H2,1-7H3/t16?,17?,18?,21?,24?,25?,26-,27?,28?,29?,34+,35?,39+,40+,42+/m0/s1. The Kier molecular flexibility index (Phi) is 12.4. The zero-order chi connectivity index (χ0) is 43.7. The number of methoxy groups -OCH3 is 1. The Bertz CT molecular complexity index is 1970. The van der Waals surface area contributed by atoms with Crippen LogP contribution in [0.4, 0.5) is 0 Å². The Hall–Kier alpha value is -3.79. The van der Waals surface area contributed by atoms with E-state index in [1.165, 1.54) is 6.07 Å². The first-order chi connectivity index (χ1) is 28.3. The summed E-state index contributed by atoms with van der Waals surface area (Å²) in [4.78, 5) is 43.2. The van der Waals surface area contributed by atoms with Crippen LogP contribution in [0.5, 0.6) is 17.2 Å². The maximum absolute atomic E-state index is 14.0. The van der Waals surface area contributed by atoms with Crippen LogP contribution in [-0.2, 0) is 38.0 Å². The van der Waals surface area contributed by atoms with E-state index in [0.717, 1.165) is 19.2 Å². The molecular formula is C42H55NO17. The lowest BCUT2D eigenvalue weighted by Crippen LogP contribution is -2.58. The molecule has 3 heterocycles. The highest BCUT2D eigenvalue weighted by Gasteiger charge is 2.54. The molecular weight excluding hydrogens is 790 g/mol. The van der Waals surface area contributed by atoms with Gasteiger partial charge in [-0.05, 0) is 65.0 Å². The van der Waals surface area contributed by atoms with E-state index in [1.807, 2.05) is 19.0 Å². The first-order valence-electron chi connectivity index (χ1n) is 20.3. The molecule has 7 N–H and O–H groups in total. The second-order valence-electron chi connectivity index (χ2n) is 16.8. The van der Waals surface area contributed by atoms with Crippen molar-refractivity contribution in [1.82, 2.24) is 4.90 Å². The monoisotopic (exact) mass is 845 g/mol. The van der Waals surface area contributed by atoms with Crippen molar-refractivity contribution in [1.29, 1.82) is 0 Å². The summed E-state index contributed by atoms with van der Waals surface area (Å²) in [7, 11) is 4.82. The first kappa shape index (κ1) is 44.3. The number of hydrogen-bond donors (Lipinski definition) is 7. The van der Waals surface area contributed by atoms with E-state index in [2.05, 4.69) is 0 Å². The molecule has 3 fully saturated rings. The van der Waals surface area contributed by atoms with Crippen LogP contribution in [0.1, 0.15) is 115 Å². The number of likely N-dealkylation sites (N-methyl/N-ethyl adjacent to an activating group) is 1. The number of benzene rings is 2. The van der Waals surface area contributed by atoms with Gasteiger partial charge in [-0.15, -0.1) is 0 Å². The highest BCUT2D eigenvalue weighted by Crippen LogP contribution is 2.54. The molecule has 15 atom stereocenters. The minimum Gasteiger partial charge on any atom is -0.507 e. The fourth-order valence-electron chi connectivity index (χ4n) is 9.51. The van der Waals surface area contributed by atoms with Crippen molar-refractivity contribution < 1.29 is 83.3 Å². The molecule has 2 aromatic rings. The lowest BCUT2D eigenvalue weighted by molar-refractivity contribution is -0.332. The van der Waals surface area contributed by atoms with E-state index in [0.29, 0.717) is 0 Å². The molecule has 0 saturated carbocycles. The molecule has 10 unspecified atom stereocenters. The predicted octanol–water partition coefficient (Wildman–Crippen LogP) is 1.63. The molecule has 18 nitrogen and oxygen atoms in total. The zero-order valence-electron chi connectivity index (χ0n) is 34.5. The van der Waals surface area contributed by atoms with Gasteiger partial charge in [-0.2, -0.15) is 0 Å². The molecule has 0 radical (unpaired) electrons. The topological polar surface area (TPSA) is 261 Å².